The molecular weight excluding hydrogens is 414 g/mol. The van der Waals surface area contributed by atoms with E-state index < -0.39 is 23.8 Å². The van der Waals surface area contributed by atoms with Gasteiger partial charge in [-0.25, -0.2) is 4.79 Å². The first-order chi connectivity index (χ1) is 14.6. The maximum atomic E-state index is 13.2. The van der Waals surface area contributed by atoms with Crippen molar-refractivity contribution < 1.29 is 24.2 Å². The summed E-state index contributed by atoms with van der Waals surface area (Å²) in [5, 5.41) is 13.2. The molecule has 1 aromatic rings. The summed E-state index contributed by atoms with van der Waals surface area (Å²) in [6, 6.07) is 0. The Morgan fingerprint density at radius 3 is 2.48 bits per heavy atom. The second kappa shape index (κ2) is 8.08. The van der Waals surface area contributed by atoms with Gasteiger partial charge in [-0.05, 0) is 61.3 Å². The number of rotatable bonds is 5. The number of aliphatic carboxylic acids is 1. The summed E-state index contributed by atoms with van der Waals surface area (Å²) in [7, 11) is 0. The van der Waals surface area contributed by atoms with Crippen LogP contribution in [0.2, 0.25) is 0 Å². The van der Waals surface area contributed by atoms with Crippen LogP contribution in [0.5, 0.6) is 0 Å². The number of carboxylic acids is 1. The van der Waals surface area contributed by atoms with Crippen LogP contribution in [-0.2, 0) is 27.2 Å². The lowest BCUT2D eigenvalue weighted by Crippen LogP contribution is -2.36. The van der Waals surface area contributed by atoms with Crippen molar-refractivity contribution in [1.29, 1.82) is 0 Å². The Hall–Kier alpha value is -2.15. The number of hydrogen-bond acceptors (Lipinski definition) is 5. The number of allylic oxidation sites excluding steroid dienone is 2. The molecule has 4 rings (SSSR count). The van der Waals surface area contributed by atoms with E-state index in [0.29, 0.717) is 22.9 Å². The summed E-state index contributed by atoms with van der Waals surface area (Å²) >= 11 is 1.45. The van der Waals surface area contributed by atoms with Crippen molar-refractivity contribution in [1.82, 2.24) is 0 Å². The first-order valence-electron chi connectivity index (χ1n) is 11.2. The van der Waals surface area contributed by atoms with Gasteiger partial charge >= 0.3 is 11.9 Å². The van der Waals surface area contributed by atoms with Crippen molar-refractivity contribution in [2.24, 2.45) is 35.0 Å². The van der Waals surface area contributed by atoms with Crippen molar-refractivity contribution in [3.8, 4) is 0 Å². The zero-order valence-electron chi connectivity index (χ0n) is 18.6. The summed E-state index contributed by atoms with van der Waals surface area (Å²) in [6.07, 6.45) is 7.24. The number of fused-ring (bicyclic) bond motifs is 3. The average Bonchev–Trinajstić information content (AvgIpc) is 3.38. The third kappa shape index (κ3) is 3.93. The first kappa shape index (κ1) is 22.1. The molecule has 0 unspecified atom stereocenters. The lowest BCUT2D eigenvalue weighted by Gasteiger charge is -2.33. The van der Waals surface area contributed by atoms with Crippen molar-refractivity contribution >= 4 is 34.2 Å². The highest BCUT2D eigenvalue weighted by molar-refractivity contribution is 7.17. The monoisotopic (exact) mass is 445 g/mol. The van der Waals surface area contributed by atoms with Crippen LogP contribution in [-0.4, -0.2) is 29.6 Å². The Morgan fingerprint density at radius 2 is 1.87 bits per heavy atom. The van der Waals surface area contributed by atoms with Gasteiger partial charge in [-0.2, -0.15) is 0 Å². The lowest BCUT2D eigenvalue weighted by molar-refractivity contribution is -0.146. The molecule has 1 fully saturated rings. The minimum Gasteiger partial charge on any atom is -0.481 e. The van der Waals surface area contributed by atoms with E-state index in [9.17, 15) is 19.5 Å². The number of nitrogens with one attached hydrogen (secondary N) is 1. The van der Waals surface area contributed by atoms with E-state index in [4.69, 9.17) is 4.74 Å². The van der Waals surface area contributed by atoms with Gasteiger partial charge in [0.15, 0.2) is 0 Å². The Morgan fingerprint density at radius 1 is 1.19 bits per heavy atom. The Balaban J connectivity index is 1.64. The molecule has 2 N–H and O–H groups in total. The molecule has 3 aliphatic rings. The second-order valence-electron chi connectivity index (χ2n) is 10.1. The number of carbonyl (C=O) groups excluding carboxylic acids is 2. The van der Waals surface area contributed by atoms with Crippen LogP contribution >= 0.6 is 11.3 Å². The molecule has 6 nitrogen and oxygen atoms in total. The van der Waals surface area contributed by atoms with E-state index >= 15 is 0 Å². The molecule has 1 saturated carbocycles. The van der Waals surface area contributed by atoms with E-state index in [1.165, 1.54) is 11.3 Å². The standard InChI is InChI=1S/C24H31NO5S/c1-5-30-23(29)19-15-9-8-14(24(2,3)4)11-16(15)31-21(19)25-20(26)17-12-6-7-13(10-12)18(17)22(27)28/h6-7,12-14,17-18H,5,8-11H2,1-4H3,(H,25,26)(H,27,28)/t12-,13-,14-,17-,18+/m1/s1. The number of carboxylic acid groups (broad SMARTS) is 1. The molecule has 0 spiro atoms. The number of amides is 1. The molecule has 168 valence electrons. The number of anilines is 1. The maximum absolute atomic E-state index is 13.2. The average molecular weight is 446 g/mol. The van der Waals surface area contributed by atoms with Gasteiger partial charge in [0.05, 0.1) is 24.0 Å². The number of ether oxygens (including phenoxy) is 1. The van der Waals surface area contributed by atoms with E-state index in [2.05, 4.69) is 26.1 Å². The van der Waals surface area contributed by atoms with Gasteiger partial charge in [0.1, 0.15) is 5.00 Å². The van der Waals surface area contributed by atoms with Crippen LogP contribution in [0.1, 0.15) is 61.3 Å². The van der Waals surface area contributed by atoms with Crippen molar-refractivity contribution in [3.63, 3.8) is 0 Å². The molecule has 0 radical (unpaired) electrons. The van der Waals surface area contributed by atoms with Gasteiger partial charge in [0.2, 0.25) is 5.91 Å². The highest BCUT2D eigenvalue weighted by Crippen LogP contribution is 2.49. The summed E-state index contributed by atoms with van der Waals surface area (Å²) in [5.74, 6) is -2.60. The lowest BCUT2D eigenvalue weighted by atomic mass is 9.72. The number of esters is 1. The highest BCUT2D eigenvalue weighted by atomic mass is 32.1. The molecule has 0 saturated heterocycles. The second-order valence-corrected chi connectivity index (χ2v) is 11.2. The van der Waals surface area contributed by atoms with Gasteiger partial charge in [0.25, 0.3) is 0 Å². The van der Waals surface area contributed by atoms with Gasteiger partial charge in [0, 0.05) is 4.88 Å². The number of thiophene rings is 1. The molecule has 5 atom stereocenters. The predicted molar refractivity (Wildman–Crippen MR) is 119 cm³/mol. The molecule has 0 aliphatic heterocycles. The van der Waals surface area contributed by atoms with Crippen LogP contribution in [0.4, 0.5) is 5.00 Å². The van der Waals surface area contributed by atoms with Crippen molar-refractivity contribution in [2.75, 3.05) is 11.9 Å². The Kier molecular flexibility index (Phi) is 5.75. The molecule has 3 aliphatic carbocycles. The Bertz CT molecular complexity index is 941. The third-order valence-electron chi connectivity index (χ3n) is 7.25. The fourth-order valence-electron chi connectivity index (χ4n) is 5.54. The van der Waals surface area contributed by atoms with E-state index in [1.54, 1.807) is 6.92 Å². The van der Waals surface area contributed by atoms with Gasteiger partial charge < -0.3 is 15.2 Å². The van der Waals surface area contributed by atoms with E-state index in [0.717, 1.165) is 29.7 Å². The summed E-state index contributed by atoms with van der Waals surface area (Å²) < 4.78 is 5.31. The van der Waals surface area contributed by atoms with Crippen molar-refractivity contribution in [2.45, 2.75) is 53.4 Å². The highest BCUT2D eigenvalue weighted by Gasteiger charge is 2.52. The fraction of sp³-hybridized carbons (Fsp3) is 0.625. The van der Waals surface area contributed by atoms with Crippen molar-refractivity contribution in [3.05, 3.63) is 28.2 Å². The molecule has 7 heteroatoms. The minimum absolute atomic E-state index is 0.0583. The van der Waals surface area contributed by atoms with Gasteiger partial charge in [-0.1, -0.05) is 32.9 Å². The number of carbonyl (C=O) groups is 3. The van der Waals surface area contributed by atoms with Crippen LogP contribution < -0.4 is 5.32 Å². The Labute approximate surface area is 187 Å². The molecular formula is C24H31NO5S. The number of hydrogen-bond donors (Lipinski definition) is 2. The maximum Gasteiger partial charge on any atom is 0.341 e. The minimum atomic E-state index is -0.930. The van der Waals surface area contributed by atoms with Gasteiger partial charge in [-0.3, -0.25) is 9.59 Å². The largest absolute Gasteiger partial charge is 0.481 e. The SMILES string of the molecule is CCOC(=O)c1c(NC(=O)[C@H]2[C@@H](C(=O)O)[C@@H]3C=C[C@@H]2C3)sc2c1CC[C@@H](C(C)(C)C)C2. The van der Waals surface area contributed by atoms with E-state index in [1.807, 2.05) is 12.2 Å². The molecule has 1 aromatic heterocycles. The normalized spacial score (nSPS) is 29.0. The van der Waals surface area contributed by atoms with Gasteiger partial charge in [-0.15, -0.1) is 11.3 Å². The van der Waals surface area contributed by atoms with E-state index in [-0.39, 0.29) is 29.8 Å². The summed E-state index contributed by atoms with van der Waals surface area (Å²) in [5.41, 5.74) is 1.62. The van der Waals surface area contributed by atoms with Crippen LogP contribution in [0.25, 0.3) is 0 Å². The first-order valence-corrected chi connectivity index (χ1v) is 12.0. The fourth-order valence-corrected chi connectivity index (χ4v) is 6.86. The van der Waals surface area contributed by atoms with Crippen LogP contribution in [0, 0.1) is 35.0 Å². The van der Waals surface area contributed by atoms with Crippen LogP contribution in [0.15, 0.2) is 12.2 Å². The van der Waals surface area contributed by atoms with Crippen LogP contribution in [0.3, 0.4) is 0 Å². The molecule has 1 heterocycles. The quantitative estimate of drug-likeness (QED) is 0.513. The molecule has 2 bridgehead atoms. The topological polar surface area (TPSA) is 92.7 Å². The summed E-state index contributed by atoms with van der Waals surface area (Å²) in [4.78, 5) is 39.0. The molecule has 1 amide bonds. The smallest absolute Gasteiger partial charge is 0.341 e. The molecule has 31 heavy (non-hydrogen) atoms. The third-order valence-corrected chi connectivity index (χ3v) is 8.42. The molecule has 0 aromatic carbocycles. The predicted octanol–water partition coefficient (Wildman–Crippen LogP) is 4.54. The summed E-state index contributed by atoms with van der Waals surface area (Å²) in [6.45, 7) is 8.74. The zero-order chi connectivity index (χ0) is 22.5. The zero-order valence-corrected chi connectivity index (χ0v) is 19.4.